The summed E-state index contributed by atoms with van der Waals surface area (Å²) < 4.78 is 29.5. The van der Waals surface area contributed by atoms with Gasteiger partial charge in [-0.2, -0.15) is 0 Å². The highest BCUT2D eigenvalue weighted by Gasteiger charge is 2.63. The van der Waals surface area contributed by atoms with Gasteiger partial charge in [0.15, 0.2) is 12.1 Å². The van der Waals surface area contributed by atoms with Crippen molar-refractivity contribution in [3.8, 4) is 0 Å². The van der Waals surface area contributed by atoms with Gasteiger partial charge in [-0.25, -0.2) is 4.79 Å². The van der Waals surface area contributed by atoms with E-state index >= 15 is 0 Å². The molecule has 3 rings (SSSR count). The first-order chi connectivity index (χ1) is 13.4. The first-order valence-electron chi connectivity index (χ1n) is 9.55. The van der Waals surface area contributed by atoms with E-state index in [1.807, 2.05) is 44.2 Å². The van der Waals surface area contributed by atoms with E-state index in [-0.39, 0.29) is 0 Å². The van der Waals surface area contributed by atoms with Gasteiger partial charge < -0.3 is 23.7 Å². The van der Waals surface area contributed by atoms with E-state index < -0.39 is 35.9 Å². The van der Waals surface area contributed by atoms with Crippen molar-refractivity contribution < 1.29 is 28.5 Å². The second kappa shape index (κ2) is 8.57. The second-order valence-electron chi connectivity index (χ2n) is 7.30. The fourth-order valence-corrected chi connectivity index (χ4v) is 3.61. The summed E-state index contributed by atoms with van der Waals surface area (Å²) in [4.78, 5) is 11.7. The Labute approximate surface area is 166 Å². The highest BCUT2D eigenvalue weighted by Crippen LogP contribution is 2.47. The Bertz CT molecular complexity index is 713. The molecule has 2 saturated heterocycles. The summed E-state index contributed by atoms with van der Waals surface area (Å²) in [6, 6.07) is 9.87. The topological polar surface area (TPSA) is 63.2 Å². The number of hydrogen-bond donors (Lipinski definition) is 0. The van der Waals surface area contributed by atoms with Crippen LogP contribution in [0.5, 0.6) is 0 Å². The van der Waals surface area contributed by atoms with Crippen LogP contribution in [0.4, 0.5) is 0 Å². The predicted molar refractivity (Wildman–Crippen MR) is 103 cm³/mol. The summed E-state index contributed by atoms with van der Waals surface area (Å²) in [6.07, 6.45) is 3.75. The number of carbonyl (C=O) groups is 1. The van der Waals surface area contributed by atoms with Crippen molar-refractivity contribution in [1.82, 2.24) is 0 Å². The largest absolute Gasteiger partial charge is 0.463 e. The maximum atomic E-state index is 11.7. The third-order valence-electron chi connectivity index (χ3n) is 4.84. The van der Waals surface area contributed by atoms with E-state index in [1.165, 1.54) is 6.08 Å². The van der Waals surface area contributed by atoms with Gasteiger partial charge in [-0.15, -0.1) is 6.58 Å². The van der Waals surface area contributed by atoms with Crippen molar-refractivity contribution in [1.29, 1.82) is 0 Å². The minimum atomic E-state index is -0.876. The zero-order valence-corrected chi connectivity index (χ0v) is 16.6. The number of benzene rings is 1. The van der Waals surface area contributed by atoms with Crippen LogP contribution >= 0.6 is 0 Å². The average Bonchev–Trinajstić information content (AvgIpc) is 3.12. The molecule has 0 aromatic heterocycles. The second-order valence-corrected chi connectivity index (χ2v) is 7.30. The molecule has 0 amide bonds. The minimum Gasteiger partial charge on any atom is -0.463 e. The Hall–Kier alpha value is -1.99. The summed E-state index contributed by atoms with van der Waals surface area (Å²) in [7, 11) is 0. The molecule has 0 unspecified atom stereocenters. The van der Waals surface area contributed by atoms with Crippen molar-refractivity contribution in [3.05, 3.63) is 60.7 Å². The highest BCUT2D eigenvalue weighted by molar-refractivity contribution is 5.81. The molecular weight excluding hydrogens is 360 g/mol. The molecule has 0 bridgehead atoms. The van der Waals surface area contributed by atoms with Crippen LogP contribution in [-0.2, 0) is 35.1 Å². The van der Waals surface area contributed by atoms with Crippen LogP contribution in [-0.4, -0.2) is 42.5 Å². The van der Waals surface area contributed by atoms with Crippen molar-refractivity contribution >= 4 is 5.97 Å². The standard InChI is InChI=1S/C22H28O6/c1-5-17-22(14-10-13-18(23)24-6-2,25-15-16-11-8-7-9-12-16)19-20(26-17)28-21(3,4)27-19/h5,7-13,17,19-20H,1,6,14-15H2,2-4H3/b13-10+/t17-,19+,20-,22+/m1/s1. The molecule has 4 atom stereocenters. The Morgan fingerprint density at radius 2 is 2.00 bits per heavy atom. The summed E-state index contributed by atoms with van der Waals surface area (Å²) in [5.74, 6) is -1.18. The van der Waals surface area contributed by atoms with E-state index in [2.05, 4.69) is 6.58 Å². The van der Waals surface area contributed by atoms with Gasteiger partial charge >= 0.3 is 5.97 Å². The normalized spacial score (nSPS) is 31.0. The molecule has 6 heteroatoms. The molecule has 2 aliphatic heterocycles. The molecule has 152 valence electrons. The molecule has 0 N–H and O–H groups in total. The minimum absolute atomic E-state index is 0.326. The Kier molecular flexibility index (Phi) is 6.35. The number of esters is 1. The first-order valence-corrected chi connectivity index (χ1v) is 9.55. The van der Waals surface area contributed by atoms with E-state index in [0.29, 0.717) is 19.6 Å². The van der Waals surface area contributed by atoms with Crippen LogP contribution in [0.3, 0.4) is 0 Å². The molecule has 1 aromatic carbocycles. The van der Waals surface area contributed by atoms with Crippen molar-refractivity contribution in [2.75, 3.05) is 6.61 Å². The van der Waals surface area contributed by atoms with E-state index in [4.69, 9.17) is 23.7 Å². The third-order valence-corrected chi connectivity index (χ3v) is 4.84. The average molecular weight is 388 g/mol. The number of hydrogen-bond acceptors (Lipinski definition) is 6. The molecule has 0 radical (unpaired) electrons. The van der Waals surface area contributed by atoms with Gasteiger partial charge in [0.1, 0.15) is 17.8 Å². The summed E-state index contributed by atoms with van der Waals surface area (Å²) >= 11 is 0. The van der Waals surface area contributed by atoms with Gasteiger partial charge in [0.25, 0.3) is 0 Å². The highest BCUT2D eigenvalue weighted by atomic mass is 16.8. The molecule has 0 aliphatic carbocycles. The van der Waals surface area contributed by atoms with Crippen molar-refractivity contribution in [2.45, 2.75) is 63.7 Å². The maximum absolute atomic E-state index is 11.7. The first kappa shape index (κ1) is 20.7. The van der Waals surface area contributed by atoms with Gasteiger partial charge in [-0.3, -0.25) is 0 Å². The Morgan fingerprint density at radius 3 is 2.68 bits per heavy atom. The molecule has 0 saturated carbocycles. The van der Waals surface area contributed by atoms with E-state index in [1.54, 1.807) is 19.1 Å². The van der Waals surface area contributed by atoms with Crippen molar-refractivity contribution in [3.63, 3.8) is 0 Å². The molecule has 2 fully saturated rings. The molecule has 6 nitrogen and oxygen atoms in total. The summed E-state index contributed by atoms with van der Waals surface area (Å²) in [5, 5.41) is 0. The van der Waals surface area contributed by atoms with Gasteiger partial charge in [0.2, 0.25) is 0 Å². The van der Waals surface area contributed by atoms with E-state index in [0.717, 1.165) is 5.56 Å². The Morgan fingerprint density at radius 1 is 1.25 bits per heavy atom. The lowest BCUT2D eigenvalue weighted by Crippen LogP contribution is -2.50. The fourth-order valence-electron chi connectivity index (χ4n) is 3.61. The fraction of sp³-hybridized carbons (Fsp3) is 0.500. The lowest BCUT2D eigenvalue weighted by atomic mass is 9.88. The van der Waals surface area contributed by atoms with E-state index in [9.17, 15) is 4.79 Å². The van der Waals surface area contributed by atoms with Crippen LogP contribution < -0.4 is 0 Å². The molecule has 2 aliphatic rings. The zero-order valence-electron chi connectivity index (χ0n) is 16.6. The quantitative estimate of drug-likeness (QED) is 0.386. The van der Waals surface area contributed by atoms with Crippen LogP contribution in [0.1, 0.15) is 32.8 Å². The number of ether oxygens (including phenoxy) is 5. The smallest absolute Gasteiger partial charge is 0.330 e. The summed E-state index contributed by atoms with van der Waals surface area (Å²) in [6.45, 7) is 10.0. The lowest BCUT2D eigenvalue weighted by Gasteiger charge is -2.36. The zero-order chi connectivity index (χ0) is 20.2. The summed E-state index contributed by atoms with van der Waals surface area (Å²) in [5.41, 5.74) is 0.152. The van der Waals surface area contributed by atoms with Crippen molar-refractivity contribution in [2.24, 2.45) is 0 Å². The van der Waals surface area contributed by atoms with Gasteiger partial charge in [-0.05, 0) is 26.3 Å². The van der Waals surface area contributed by atoms with Crippen LogP contribution in [0.25, 0.3) is 0 Å². The molecular formula is C22H28O6. The maximum Gasteiger partial charge on any atom is 0.330 e. The third kappa shape index (κ3) is 4.36. The van der Waals surface area contributed by atoms with Gasteiger partial charge in [-0.1, -0.05) is 42.5 Å². The van der Waals surface area contributed by atoms with Crippen LogP contribution in [0, 0.1) is 0 Å². The van der Waals surface area contributed by atoms with Gasteiger partial charge in [0, 0.05) is 12.5 Å². The molecule has 0 spiro atoms. The van der Waals surface area contributed by atoms with Crippen LogP contribution in [0.15, 0.2) is 55.1 Å². The number of carbonyl (C=O) groups excluding carboxylic acids is 1. The molecule has 2 heterocycles. The monoisotopic (exact) mass is 388 g/mol. The number of rotatable bonds is 8. The molecule has 1 aromatic rings. The Balaban J connectivity index is 1.85. The number of fused-ring (bicyclic) bond motifs is 1. The SMILES string of the molecule is C=C[C@H]1O[C@@H]2OC(C)(C)O[C@@H]2[C@@]1(C/C=C/C(=O)OCC)OCc1ccccc1. The van der Waals surface area contributed by atoms with Gasteiger partial charge in [0.05, 0.1) is 13.2 Å². The lowest BCUT2D eigenvalue weighted by molar-refractivity contribution is -0.231. The predicted octanol–water partition coefficient (Wildman–Crippen LogP) is 3.51. The van der Waals surface area contributed by atoms with Crippen LogP contribution in [0.2, 0.25) is 0 Å². The molecule has 28 heavy (non-hydrogen) atoms.